The Morgan fingerprint density at radius 3 is 2.61 bits per heavy atom. The van der Waals surface area contributed by atoms with Crippen molar-refractivity contribution in [1.29, 1.82) is 0 Å². The van der Waals surface area contributed by atoms with E-state index in [9.17, 15) is 14.7 Å². The van der Waals surface area contributed by atoms with Gasteiger partial charge in [-0.25, -0.2) is 9.48 Å². The topological polar surface area (TPSA) is 87.5 Å². The Bertz CT molecular complexity index is 839. The smallest absolute Gasteiger partial charge is 0.323 e. The Kier molecular flexibility index (Phi) is 5.72. The molecule has 2 amide bonds. The minimum absolute atomic E-state index is 0.152. The van der Waals surface area contributed by atoms with Crippen LogP contribution >= 0.6 is 0 Å². The van der Waals surface area contributed by atoms with Crippen LogP contribution in [-0.4, -0.2) is 44.9 Å². The fourth-order valence-corrected chi connectivity index (χ4v) is 3.31. The molecule has 0 aliphatic carbocycles. The summed E-state index contributed by atoms with van der Waals surface area (Å²) in [7, 11) is 0. The second kappa shape index (κ2) is 8.04. The zero-order valence-electron chi connectivity index (χ0n) is 16.7. The van der Waals surface area contributed by atoms with Gasteiger partial charge in [0.15, 0.2) is 0 Å². The molecule has 28 heavy (non-hydrogen) atoms. The number of rotatable bonds is 4. The molecule has 1 atom stereocenters. The molecule has 0 saturated carbocycles. The third kappa shape index (κ3) is 4.71. The molecule has 2 N–H and O–H groups in total. The number of carbonyl (C=O) groups is 2. The molecular formula is C21H28N4O3. The normalized spacial score (nSPS) is 17.4. The average Bonchev–Trinajstić information content (AvgIpc) is 3.05. The quantitative estimate of drug-likeness (QED) is 0.844. The van der Waals surface area contributed by atoms with Crippen LogP contribution in [0.15, 0.2) is 36.4 Å². The lowest BCUT2D eigenvalue weighted by Gasteiger charge is -2.30. The molecular weight excluding hydrogens is 356 g/mol. The second-order valence-electron chi connectivity index (χ2n) is 8.36. The lowest BCUT2D eigenvalue weighted by atomic mass is 9.92. The number of nitrogens with one attached hydrogen (secondary N) is 1. The monoisotopic (exact) mass is 384 g/mol. The Labute approximate surface area is 165 Å². The van der Waals surface area contributed by atoms with Crippen LogP contribution in [0.3, 0.4) is 0 Å². The fourth-order valence-electron chi connectivity index (χ4n) is 3.31. The van der Waals surface area contributed by atoms with E-state index in [1.807, 2.05) is 36.4 Å². The number of carboxylic acids is 1. The van der Waals surface area contributed by atoms with Crippen LogP contribution < -0.4 is 5.32 Å². The number of likely N-dealkylation sites (tertiary alicyclic amines) is 1. The summed E-state index contributed by atoms with van der Waals surface area (Å²) >= 11 is 0. The highest BCUT2D eigenvalue weighted by molar-refractivity contribution is 5.89. The van der Waals surface area contributed by atoms with Crippen molar-refractivity contribution in [1.82, 2.24) is 14.7 Å². The van der Waals surface area contributed by atoms with Gasteiger partial charge in [0.05, 0.1) is 18.2 Å². The van der Waals surface area contributed by atoms with Crippen molar-refractivity contribution in [3.8, 4) is 0 Å². The van der Waals surface area contributed by atoms with E-state index in [0.29, 0.717) is 31.7 Å². The number of nitrogens with zero attached hydrogens (tertiary/aromatic N) is 3. The number of aromatic nitrogens is 2. The molecule has 2 heterocycles. The van der Waals surface area contributed by atoms with Crippen molar-refractivity contribution >= 4 is 17.8 Å². The number of anilines is 1. The van der Waals surface area contributed by atoms with Crippen LogP contribution in [0, 0.1) is 5.92 Å². The predicted octanol–water partition coefficient (Wildman–Crippen LogP) is 3.56. The molecule has 1 fully saturated rings. The predicted molar refractivity (Wildman–Crippen MR) is 107 cm³/mol. The van der Waals surface area contributed by atoms with Gasteiger partial charge in [0, 0.05) is 24.6 Å². The van der Waals surface area contributed by atoms with Crippen LogP contribution in [0.25, 0.3) is 0 Å². The van der Waals surface area contributed by atoms with Crippen molar-refractivity contribution in [3.05, 3.63) is 47.7 Å². The van der Waals surface area contributed by atoms with Crippen molar-refractivity contribution in [2.24, 2.45) is 5.92 Å². The van der Waals surface area contributed by atoms with Gasteiger partial charge in [-0.2, -0.15) is 5.10 Å². The highest BCUT2D eigenvalue weighted by Gasteiger charge is 2.29. The highest BCUT2D eigenvalue weighted by atomic mass is 16.4. The number of hydrogen-bond donors (Lipinski definition) is 2. The summed E-state index contributed by atoms with van der Waals surface area (Å²) in [5.41, 5.74) is 1.83. The molecule has 2 aromatic rings. The Hall–Kier alpha value is -2.83. The first-order chi connectivity index (χ1) is 13.2. The molecule has 1 unspecified atom stereocenters. The van der Waals surface area contributed by atoms with Crippen LogP contribution in [-0.2, 0) is 16.8 Å². The van der Waals surface area contributed by atoms with Gasteiger partial charge in [-0.05, 0) is 18.4 Å². The standard InChI is InChI=1S/C21H28N4O3/c1-21(2,3)17-12-18(25(23-17)13-15-8-5-4-6-9-15)22-20(28)24-11-7-10-16(14-24)19(26)27/h4-6,8-9,12,16H,7,10-11,13-14H2,1-3H3,(H,22,28)(H,26,27). The maximum atomic E-state index is 12.8. The van der Waals surface area contributed by atoms with E-state index >= 15 is 0 Å². The van der Waals surface area contributed by atoms with E-state index in [-0.39, 0.29) is 18.0 Å². The highest BCUT2D eigenvalue weighted by Crippen LogP contribution is 2.25. The molecule has 7 nitrogen and oxygen atoms in total. The number of benzene rings is 1. The molecule has 1 saturated heterocycles. The van der Waals surface area contributed by atoms with E-state index < -0.39 is 11.9 Å². The van der Waals surface area contributed by atoms with Crippen LogP contribution in [0.2, 0.25) is 0 Å². The Morgan fingerprint density at radius 2 is 1.96 bits per heavy atom. The van der Waals surface area contributed by atoms with Gasteiger partial charge in [-0.1, -0.05) is 51.1 Å². The first-order valence-electron chi connectivity index (χ1n) is 9.65. The molecule has 1 aliphatic heterocycles. The van der Waals surface area contributed by atoms with E-state index in [0.717, 1.165) is 11.3 Å². The largest absolute Gasteiger partial charge is 0.481 e. The van der Waals surface area contributed by atoms with Gasteiger partial charge in [-0.15, -0.1) is 0 Å². The van der Waals surface area contributed by atoms with Crippen molar-refractivity contribution in [2.45, 2.75) is 45.6 Å². The molecule has 0 radical (unpaired) electrons. The number of piperidine rings is 1. The van der Waals surface area contributed by atoms with Gasteiger partial charge in [0.25, 0.3) is 0 Å². The van der Waals surface area contributed by atoms with Crippen molar-refractivity contribution < 1.29 is 14.7 Å². The summed E-state index contributed by atoms with van der Waals surface area (Å²) in [6, 6.07) is 11.6. The van der Waals surface area contributed by atoms with Gasteiger partial charge >= 0.3 is 12.0 Å². The fraction of sp³-hybridized carbons (Fsp3) is 0.476. The minimum Gasteiger partial charge on any atom is -0.481 e. The summed E-state index contributed by atoms with van der Waals surface area (Å²) in [5.74, 6) is -0.725. The zero-order chi connectivity index (χ0) is 20.3. The second-order valence-corrected chi connectivity index (χ2v) is 8.36. The number of aliphatic carboxylic acids is 1. The molecule has 7 heteroatoms. The molecule has 1 aromatic carbocycles. The minimum atomic E-state index is -0.846. The lowest BCUT2D eigenvalue weighted by molar-refractivity contribution is -0.143. The van der Waals surface area contributed by atoms with Crippen LogP contribution in [0.5, 0.6) is 0 Å². The van der Waals surface area contributed by atoms with Crippen molar-refractivity contribution in [3.63, 3.8) is 0 Å². The molecule has 0 bridgehead atoms. The number of urea groups is 1. The average molecular weight is 384 g/mol. The summed E-state index contributed by atoms with van der Waals surface area (Å²) in [6.07, 6.45) is 1.31. The molecule has 150 valence electrons. The first kappa shape index (κ1) is 19.9. The SMILES string of the molecule is CC(C)(C)c1cc(NC(=O)N2CCCC(C(=O)O)C2)n(Cc2ccccc2)n1. The van der Waals surface area contributed by atoms with Crippen molar-refractivity contribution in [2.75, 3.05) is 18.4 Å². The molecule has 1 aliphatic rings. The van der Waals surface area contributed by atoms with Gasteiger partial charge < -0.3 is 10.0 Å². The number of amides is 2. The maximum absolute atomic E-state index is 12.8. The van der Waals surface area contributed by atoms with Gasteiger partial charge in [-0.3, -0.25) is 10.1 Å². The van der Waals surface area contributed by atoms with E-state index in [1.54, 1.807) is 9.58 Å². The van der Waals surface area contributed by atoms with E-state index in [4.69, 9.17) is 5.10 Å². The third-order valence-electron chi connectivity index (χ3n) is 5.02. The van der Waals surface area contributed by atoms with Crippen LogP contribution in [0.4, 0.5) is 10.6 Å². The Balaban J connectivity index is 1.80. The number of hydrogen-bond acceptors (Lipinski definition) is 3. The van der Waals surface area contributed by atoms with Crippen LogP contribution in [0.1, 0.15) is 44.9 Å². The molecule has 1 aromatic heterocycles. The Morgan fingerprint density at radius 1 is 1.25 bits per heavy atom. The summed E-state index contributed by atoms with van der Waals surface area (Å²) in [6.45, 7) is 7.58. The van der Waals surface area contributed by atoms with E-state index in [1.165, 1.54) is 0 Å². The number of carbonyl (C=O) groups excluding carboxylic acids is 1. The maximum Gasteiger partial charge on any atom is 0.323 e. The zero-order valence-corrected chi connectivity index (χ0v) is 16.7. The summed E-state index contributed by atoms with van der Waals surface area (Å²) in [4.78, 5) is 25.6. The van der Waals surface area contributed by atoms with Gasteiger partial charge in [0.2, 0.25) is 0 Å². The molecule has 0 spiro atoms. The molecule has 3 rings (SSSR count). The first-order valence-corrected chi connectivity index (χ1v) is 9.65. The number of carboxylic acid groups (broad SMARTS) is 1. The van der Waals surface area contributed by atoms with E-state index in [2.05, 4.69) is 26.1 Å². The summed E-state index contributed by atoms with van der Waals surface area (Å²) < 4.78 is 1.80. The third-order valence-corrected chi connectivity index (χ3v) is 5.02. The lowest BCUT2D eigenvalue weighted by Crippen LogP contribution is -2.44. The van der Waals surface area contributed by atoms with Gasteiger partial charge in [0.1, 0.15) is 5.82 Å². The summed E-state index contributed by atoms with van der Waals surface area (Å²) in [5, 5.41) is 16.9.